The second-order valence-corrected chi connectivity index (χ2v) is 12.6. The van der Waals surface area contributed by atoms with Crippen molar-refractivity contribution < 1.29 is 22.7 Å². The van der Waals surface area contributed by atoms with E-state index in [4.69, 9.17) is 4.74 Å². The summed E-state index contributed by atoms with van der Waals surface area (Å²) < 4.78 is 34.0. The Hall–Kier alpha value is -2.98. The molecule has 0 spiro atoms. The quantitative estimate of drug-likeness (QED) is 0.514. The zero-order valence-electron chi connectivity index (χ0n) is 22.5. The molecule has 0 radical (unpaired) electrons. The van der Waals surface area contributed by atoms with Gasteiger partial charge in [-0.2, -0.15) is 0 Å². The molecule has 1 atom stereocenters. The molecule has 0 bridgehead atoms. The first kappa shape index (κ1) is 28.6. The number of piperazine rings is 1. The Bertz CT molecular complexity index is 1180. The van der Waals surface area contributed by atoms with Gasteiger partial charge in [-0.1, -0.05) is 31.5 Å². The molecule has 0 aliphatic carbocycles. The fourth-order valence-corrected chi connectivity index (χ4v) is 5.23. The monoisotopic (exact) mass is 530 g/mol. The van der Waals surface area contributed by atoms with Gasteiger partial charge < -0.3 is 14.5 Å². The van der Waals surface area contributed by atoms with Crippen LogP contribution in [0.15, 0.2) is 47.5 Å². The van der Waals surface area contributed by atoms with Gasteiger partial charge in [0.25, 0.3) is 0 Å². The summed E-state index contributed by atoms with van der Waals surface area (Å²) in [5.74, 6) is 0.474. The van der Waals surface area contributed by atoms with Crippen molar-refractivity contribution in [2.24, 2.45) is 5.92 Å². The number of amides is 1. The normalized spacial score (nSPS) is 15.5. The summed E-state index contributed by atoms with van der Waals surface area (Å²) >= 11 is 0. The summed E-state index contributed by atoms with van der Waals surface area (Å²) in [6, 6.07) is 9.06. The molecule has 1 aromatic carbocycles. The van der Waals surface area contributed by atoms with Crippen LogP contribution in [0.2, 0.25) is 0 Å². The lowest BCUT2D eigenvalue weighted by molar-refractivity contribution is 0.0240. The Labute approximate surface area is 220 Å². The molecule has 2 heterocycles. The number of benzene rings is 1. The van der Waals surface area contributed by atoms with Gasteiger partial charge in [0.05, 0.1) is 10.9 Å². The van der Waals surface area contributed by atoms with Gasteiger partial charge in [-0.05, 0) is 64.3 Å². The molecule has 1 saturated heterocycles. The zero-order chi connectivity index (χ0) is 27.4. The van der Waals surface area contributed by atoms with Crippen LogP contribution >= 0.6 is 0 Å². The molecule has 10 heteroatoms. The van der Waals surface area contributed by atoms with Crippen molar-refractivity contribution in [3.8, 4) is 0 Å². The largest absolute Gasteiger partial charge is 0.444 e. The van der Waals surface area contributed by atoms with E-state index in [9.17, 15) is 18.0 Å². The maximum atomic E-state index is 13.3. The number of hydrogen-bond donors (Lipinski definition) is 1. The van der Waals surface area contributed by atoms with E-state index in [-0.39, 0.29) is 22.7 Å². The summed E-state index contributed by atoms with van der Waals surface area (Å²) in [5, 5.41) is 0. The number of rotatable bonds is 8. The highest BCUT2D eigenvalue weighted by Gasteiger charge is 2.29. The lowest BCUT2D eigenvalue weighted by Crippen LogP contribution is -2.50. The van der Waals surface area contributed by atoms with Gasteiger partial charge in [-0.15, -0.1) is 0 Å². The average molecular weight is 531 g/mol. The SMILES string of the molecule is Cc1ccc(S(=O)(=O)N[C@@H](CC(C)C)C(=O)c2ccc(N3CCN(C(=O)OC(C)(C)C)CC3)nc2)cc1. The van der Waals surface area contributed by atoms with Crippen LogP contribution < -0.4 is 9.62 Å². The second-order valence-electron chi connectivity index (χ2n) is 10.8. The van der Waals surface area contributed by atoms with Crippen LogP contribution in [-0.4, -0.2) is 68.0 Å². The number of carbonyl (C=O) groups is 2. The highest BCUT2D eigenvalue weighted by molar-refractivity contribution is 7.89. The lowest BCUT2D eigenvalue weighted by atomic mass is 9.97. The van der Waals surface area contributed by atoms with E-state index in [1.54, 1.807) is 29.2 Å². The van der Waals surface area contributed by atoms with Crippen molar-refractivity contribution in [1.82, 2.24) is 14.6 Å². The molecule has 1 N–H and O–H groups in total. The summed E-state index contributed by atoms with van der Waals surface area (Å²) in [6.45, 7) is 13.5. The Balaban J connectivity index is 1.67. The third kappa shape index (κ3) is 8.00. The number of anilines is 1. The number of ether oxygens (including phenoxy) is 1. The highest BCUT2D eigenvalue weighted by atomic mass is 32.2. The van der Waals surface area contributed by atoms with Crippen LogP contribution in [0.3, 0.4) is 0 Å². The third-order valence-corrected chi connectivity index (χ3v) is 7.43. The van der Waals surface area contributed by atoms with E-state index in [0.717, 1.165) is 5.56 Å². The number of ketones is 1. The number of nitrogens with zero attached hydrogens (tertiary/aromatic N) is 3. The number of pyridine rings is 1. The van der Waals surface area contributed by atoms with Gasteiger partial charge in [-0.25, -0.2) is 22.9 Å². The summed E-state index contributed by atoms with van der Waals surface area (Å²) in [7, 11) is -3.87. The maximum Gasteiger partial charge on any atom is 0.410 e. The molecule has 202 valence electrons. The van der Waals surface area contributed by atoms with Crippen molar-refractivity contribution in [1.29, 1.82) is 0 Å². The molecule has 1 fully saturated rings. The Kier molecular flexibility index (Phi) is 8.96. The van der Waals surface area contributed by atoms with E-state index in [0.29, 0.717) is 44.0 Å². The van der Waals surface area contributed by atoms with Gasteiger partial charge >= 0.3 is 6.09 Å². The van der Waals surface area contributed by atoms with Crippen LogP contribution in [0.1, 0.15) is 57.0 Å². The topological polar surface area (TPSA) is 109 Å². The highest BCUT2D eigenvalue weighted by Crippen LogP contribution is 2.19. The molecule has 2 aromatic rings. The zero-order valence-corrected chi connectivity index (χ0v) is 23.3. The van der Waals surface area contributed by atoms with E-state index in [1.165, 1.54) is 18.3 Å². The predicted octanol–water partition coefficient (Wildman–Crippen LogP) is 4.02. The van der Waals surface area contributed by atoms with E-state index >= 15 is 0 Å². The molecule has 0 unspecified atom stereocenters. The van der Waals surface area contributed by atoms with Crippen molar-refractivity contribution >= 4 is 27.7 Å². The molecule has 9 nitrogen and oxygen atoms in total. The van der Waals surface area contributed by atoms with Gasteiger partial charge in [-0.3, -0.25) is 4.79 Å². The van der Waals surface area contributed by atoms with Crippen molar-refractivity contribution in [2.75, 3.05) is 31.1 Å². The Morgan fingerprint density at radius 1 is 1.03 bits per heavy atom. The van der Waals surface area contributed by atoms with Crippen molar-refractivity contribution in [2.45, 2.75) is 64.5 Å². The molecule has 0 saturated carbocycles. The first-order chi connectivity index (χ1) is 17.2. The number of carbonyl (C=O) groups excluding carboxylic acids is 2. The summed E-state index contributed by atoms with van der Waals surface area (Å²) in [4.78, 5) is 33.9. The maximum absolute atomic E-state index is 13.3. The minimum Gasteiger partial charge on any atom is -0.444 e. The molecular weight excluding hydrogens is 492 g/mol. The van der Waals surface area contributed by atoms with Crippen molar-refractivity contribution in [3.05, 3.63) is 53.7 Å². The molecule has 37 heavy (non-hydrogen) atoms. The number of aromatic nitrogens is 1. The smallest absolute Gasteiger partial charge is 0.410 e. The number of aryl methyl sites for hydroxylation is 1. The van der Waals surface area contributed by atoms with Crippen molar-refractivity contribution in [3.63, 3.8) is 0 Å². The molecular formula is C27H38N4O5S. The number of hydrogen-bond acceptors (Lipinski definition) is 7. The number of sulfonamides is 1. The lowest BCUT2D eigenvalue weighted by Gasteiger charge is -2.36. The molecule has 1 aliphatic rings. The van der Waals surface area contributed by atoms with Crippen LogP contribution in [-0.2, 0) is 14.8 Å². The van der Waals surface area contributed by atoms with Gasteiger partial charge in [0.2, 0.25) is 10.0 Å². The Morgan fingerprint density at radius 3 is 2.16 bits per heavy atom. The predicted molar refractivity (Wildman–Crippen MR) is 143 cm³/mol. The van der Waals surface area contributed by atoms with Gasteiger partial charge in [0.1, 0.15) is 11.4 Å². The van der Waals surface area contributed by atoms with E-state index < -0.39 is 21.7 Å². The number of nitrogens with one attached hydrogen (secondary N) is 1. The molecule has 3 rings (SSSR count). The number of Topliss-reactive ketones (excluding diaryl/α,β-unsaturated/α-hetero) is 1. The Morgan fingerprint density at radius 2 is 1.65 bits per heavy atom. The first-order valence-electron chi connectivity index (χ1n) is 12.6. The molecule has 1 amide bonds. The second kappa shape index (κ2) is 11.6. The minimum absolute atomic E-state index is 0.100. The standard InChI is InChI=1S/C27H38N4O5S/c1-19(2)17-23(29-37(34,35)22-10-7-20(3)8-11-22)25(32)21-9-12-24(28-18-21)30-13-15-31(16-14-30)26(33)36-27(4,5)6/h7-12,18-19,23,29H,13-17H2,1-6H3/t23-/m0/s1. The third-order valence-electron chi connectivity index (χ3n) is 5.94. The van der Waals surface area contributed by atoms with Crippen LogP contribution in [0.5, 0.6) is 0 Å². The van der Waals surface area contributed by atoms with E-state index in [1.807, 2.05) is 46.4 Å². The summed E-state index contributed by atoms with van der Waals surface area (Å²) in [6.07, 6.45) is 1.52. The fraction of sp³-hybridized carbons (Fsp3) is 0.519. The fourth-order valence-electron chi connectivity index (χ4n) is 4.02. The molecule has 1 aliphatic heterocycles. The minimum atomic E-state index is -3.87. The van der Waals surface area contributed by atoms with Crippen LogP contribution in [0.4, 0.5) is 10.6 Å². The summed E-state index contributed by atoms with van der Waals surface area (Å²) in [5.41, 5.74) is 0.750. The molecule has 1 aromatic heterocycles. The van der Waals surface area contributed by atoms with Crippen LogP contribution in [0.25, 0.3) is 0 Å². The average Bonchev–Trinajstić information content (AvgIpc) is 2.82. The van der Waals surface area contributed by atoms with Gasteiger partial charge in [0, 0.05) is 37.9 Å². The van der Waals surface area contributed by atoms with Crippen LogP contribution in [0, 0.1) is 12.8 Å². The van der Waals surface area contributed by atoms with E-state index in [2.05, 4.69) is 9.71 Å². The van der Waals surface area contributed by atoms with Gasteiger partial charge in [0.15, 0.2) is 5.78 Å². The first-order valence-corrected chi connectivity index (χ1v) is 14.1.